The first-order valence-corrected chi connectivity index (χ1v) is 11.9. The van der Waals surface area contributed by atoms with Gasteiger partial charge in [-0.05, 0) is 37.1 Å². The van der Waals surface area contributed by atoms with Crippen LogP contribution in [0.3, 0.4) is 0 Å². The Balaban J connectivity index is 1.44. The van der Waals surface area contributed by atoms with E-state index < -0.39 is 51.3 Å². The molecule has 1 spiro atoms. The number of nitrogens with one attached hydrogen (secondary N) is 2. The third kappa shape index (κ3) is 4.33. The zero-order valence-corrected chi connectivity index (χ0v) is 18.4. The Bertz CT molecular complexity index is 1210. The van der Waals surface area contributed by atoms with Crippen molar-refractivity contribution in [1.29, 1.82) is 0 Å². The fraction of sp³-hybridized carbons (Fsp3) is 0.318. The number of rotatable bonds is 6. The van der Waals surface area contributed by atoms with Crippen molar-refractivity contribution in [2.24, 2.45) is 0 Å². The van der Waals surface area contributed by atoms with Crippen molar-refractivity contribution in [3.8, 4) is 0 Å². The minimum atomic E-state index is -4.28. The number of benzene rings is 2. The molecule has 4 rings (SSSR count). The van der Waals surface area contributed by atoms with Crippen LogP contribution in [0, 0.1) is 5.82 Å². The highest BCUT2D eigenvalue weighted by Crippen LogP contribution is 2.45. The minimum absolute atomic E-state index is 0.281. The first kappa shape index (κ1) is 22.9. The lowest BCUT2D eigenvalue weighted by molar-refractivity contribution is -0.147. The van der Waals surface area contributed by atoms with E-state index in [-0.39, 0.29) is 5.91 Å². The van der Waals surface area contributed by atoms with Crippen LogP contribution in [-0.2, 0) is 29.1 Å². The zero-order valence-electron chi connectivity index (χ0n) is 17.5. The molecule has 0 aromatic heterocycles. The van der Waals surface area contributed by atoms with Gasteiger partial charge in [0.25, 0.3) is 11.8 Å². The SMILES string of the molecule is O=C(CNS(=O)(=O)c1ccccc1F)OCC(=O)N1c2ccccc2NC(=O)C12CCCC2. The van der Waals surface area contributed by atoms with Crippen LogP contribution < -0.4 is 14.9 Å². The highest BCUT2D eigenvalue weighted by atomic mass is 32.2. The number of anilines is 2. The number of esters is 1. The maximum Gasteiger partial charge on any atom is 0.321 e. The quantitative estimate of drug-likeness (QED) is 0.616. The predicted octanol–water partition coefficient (Wildman–Crippen LogP) is 1.95. The molecule has 9 nitrogen and oxygen atoms in total. The zero-order chi connectivity index (χ0) is 23.6. The largest absolute Gasteiger partial charge is 0.455 e. The number of carbonyl (C=O) groups excluding carboxylic acids is 3. The lowest BCUT2D eigenvalue weighted by Gasteiger charge is -2.44. The summed E-state index contributed by atoms with van der Waals surface area (Å²) < 4.78 is 45.1. The molecule has 2 aromatic rings. The van der Waals surface area contributed by atoms with Gasteiger partial charge >= 0.3 is 5.97 Å². The van der Waals surface area contributed by atoms with Crippen LogP contribution in [0.1, 0.15) is 25.7 Å². The van der Waals surface area contributed by atoms with E-state index >= 15 is 0 Å². The molecule has 11 heteroatoms. The number of para-hydroxylation sites is 2. The predicted molar refractivity (Wildman–Crippen MR) is 116 cm³/mol. The van der Waals surface area contributed by atoms with E-state index in [0.29, 0.717) is 24.2 Å². The van der Waals surface area contributed by atoms with Crippen molar-refractivity contribution in [3.63, 3.8) is 0 Å². The molecule has 33 heavy (non-hydrogen) atoms. The highest BCUT2D eigenvalue weighted by Gasteiger charge is 2.52. The Morgan fingerprint density at radius 1 is 1.09 bits per heavy atom. The molecule has 0 atom stereocenters. The standard InChI is InChI=1S/C22H22FN3O6S/c23-15-7-1-4-10-18(15)33(30,31)24-13-20(28)32-14-19(27)26-17-9-3-2-8-16(17)25-21(29)22(26)11-5-6-12-22/h1-4,7-10,24H,5-6,11-14H2,(H,25,29). The van der Waals surface area contributed by atoms with Crippen LogP contribution >= 0.6 is 0 Å². The summed E-state index contributed by atoms with van der Waals surface area (Å²) in [5, 5.41) is 2.85. The number of hydrogen-bond donors (Lipinski definition) is 2. The Morgan fingerprint density at radius 2 is 1.76 bits per heavy atom. The fourth-order valence-electron chi connectivity index (χ4n) is 4.28. The van der Waals surface area contributed by atoms with E-state index in [1.165, 1.54) is 17.0 Å². The van der Waals surface area contributed by atoms with Crippen molar-refractivity contribution in [1.82, 2.24) is 4.72 Å². The van der Waals surface area contributed by atoms with Gasteiger partial charge in [0.05, 0.1) is 11.4 Å². The monoisotopic (exact) mass is 475 g/mol. The molecule has 174 valence electrons. The Kier molecular flexibility index (Phi) is 6.17. The van der Waals surface area contributed by atoms with Gasteiger partial charge in [-0.3, -0.25) is 19.3 Å². The molecule has 1 heterocycles. The Labute approximate surface area is 190 Å². The van der Waals surface area contributed by atoms with Crippen LogP contribution in [0.15, 0.2) is 53.4 Å². The first-order chi connectivity index (χ1) is 15.7. The van der Waals surface area contributed by atoms with Gasteiger partial charge in [-0.15, -0.1) is 0 Å². The molecule has 1 aliphatic heterocycles. The van der Waals surface area contributed by atoms with E-state index in [0.717, 1.165) is 25.0 Å². The molecule has 2 aromatic carbocycles. The van der Waals surface area contributed by atoms with Gasteiger partial charge in [0.2, 0.25) is 10.0 Å². The van der Waals surface area contributed by atoms with Crippen molar-refractivity contribution in [2.45, 2.75) is 36.1 Å². The number of amides is 2. The Morgan fingerprint density at radius 3 is 2.48 bits per heavy atom. The maximum absolute atomic E-state index is 13.7. The number of carbonyl (C=O) groups is 3. The molecular weight excluding hydrogens is 453 g/mol. The van der Waals surface area contributed by atoms with Gasteiger partial charge in [-0.1, -0.05) is 37.1 Å². The number of hydrogen-bond acceptors (Lipinski definition) is 6. The molecule has 1 aliphatic carbocycles. The molecule has 2 amide bonds. The summed E-state index contributed by atoms with van der Waals surface area (Å²) in [4.78, 5) is 38.9. The molecule has 0 unspecified atom stereocenters. The van der Waals surface area contributed by atoms with E-state index in [1.54, 1.807) is 24.3 Å². The van der Waals surface area contributed by atoms with E-state index in [1.807, 2.05) is 4.72 Å². The molecule has 0 saturated heterocycles. The van der Waals surface area contributed by atoms with Crippen molar-refractivity contribution in [2.75, 3.05) is 23.4 Å². The summed E-state index contributed by atoms with van der Waals surface area (Å²) >= 11 is 0. The smallest absolute Gasteiger partial charge is 0.321 e. The molecule has 0 bridgehead atoms. The van der Waals surface area contributed by atoms with Crippen molar-refractivity contribution in [3.05, 3.63) is 54.3 Å². The van der Waals surface area contributed by atoms with Gasteiger partial charge in [0.15, 0.2) is 6.61 Å². The summed E-state index contributed by atoms with van der Waals surface area (Å²) in [6.45, 7) is -1.46. The molecule has 2 aliphatic rings. The van der Waals surface area contributed by atoms with Crippen LogP contribution in [0.5, 0.6) is 0 Å². The first-order valence-electron chi connectivity index (χ1n) is 10.4. The second-order valence-electron chi connectivity index (χ2n) is 7.85. The summed E-state index contributed by atoms with van der Waals surface area (Å²) in [5.41, 5.74) is -0.0535. The second kappa shape index (κ2) is 8.91. The molecule has 2 N–H and O–H groups in total. The molecule has 1 saturated carbocycles. The minimum Gasteiger partial charge on any atom is -0.455 e. The van der Waals surface area contributed by atoms with E-state index in [2.05, 4.69) is 5.32 Å². The number of nitrogens with zero attached hydrogens (tertiary/aromatic N) is 1. The number of halogens is 1. The van der Waals surface area contributed by atoms with Crippen molar-refractivity contribution < 1.29 is 31.9 Å². The van der Waals surface area contributed by atoms with Gasteiger partial charge in [0.1, 0.15) is 22.8 Å². The maximum atomic E-state index is 13.7. The summed E-state index contributed by atoms with van der Waals surface area (Å²) in [5.74, 6) is -2.85. The lowest BCUT2D eigenvalue weighted by atomic mass is 9.90. The normalized spacial score (nSPS) is 16.9. The average molecular weight is 475 g/mol. The van der Waals surface area contributed by atoms with Crippen LogP contribution in [0.4, 0.5) is 15.8 Å². The highest BCUT2D eigenvalue weighted by molar-refractivity contribution is 7.89. The molecule has 0 radical (unpaired) electrons. The Hall–Kier alpha value is -3.31. The van der Waals surface area contributed by atoms with Gasteiger partial charge in [-0.25, -0.2) is 12.8 Å². The summed E-state index contributed by atoms with van der Waals surface area (Å²) in [7, 11) is -4.28. The van der Waals surface area contributed by atoms with E-state index in [9.17, 15) is 27.2 Å². The van der Waals surface area contributed by atoms with Crippen LogP contribution in [0.2, 0.25) is 0 Å². The second-order valence-corrected chi connectivity index (χ2v) is 9.59. The fourth-order valence-corrected chi connectivity index (χ4v) is 5.33. The molecular formula is C22H22FN3O6S. The summed E-state index contributed by atoms with van der Waals surface area (Å²) in [6.07, 6.45) is 2.51. The van der Waals surface area contributed by atoms with Gasteiger partial charge in [-0.2, -0.15) is 4.72 Å². The van der Waals surface area contributed by atoms with Gasteiger partial charge < -0.3 is 10.1 Å². The topological polar surface area (TPSA) is 122 Å². The van der Waals surface area contributed by atoms with Gasteiger partial charge in [0, 0.05) is 0 Å². The number of sulfonamides is 1. The third-order valence-corrected chi connectivity index (χ3v) is 7.25. The number of fused-ring (bicyclic) bond motifs is 1. The van der Waals surface area contributed by atoms with E-state index in [4.69, 9.17) is 4.74 Å². The van der Waals surface area contributed by atoms with Crippen LogP contribution in [0.25, 0.3) is 0 Å². The third-order valence-electron chi connectivity index (χ3n) is 5.81. The lowest BCUT2D eigenvalue weighted by Crippen LogP contribution is -2.61. The summed E-state index contributed by atoms with van der Waals surface area (Å²) in [6, 6.07) is 11.6. The average Bonchev–Trinajstić information content (AvgIpc) is 3.27. The van der Waals surface area contributed by atoms with Crippen LogP contribution in [-0.4, -0.2) is 44.9 Å². The molecule has 1 fully saturated rings. The van der Waals surface area contributed by atoms with Crippen molar-refractivity contribution >= 4 is 39.2 Å². The number of ether oxygens (including phenoxy) is 1.